The van der Waals surface area contributed by atoms with E-state index < -0.39 is 11.5 Å². The fraction of sp³-hybridized carbons (Fsp3) is 0.282. The van der Waals surface area contributed by atoms with E-state index in [1.807, 2.05) is 35.2 Å². The SMILES string of the molecule is COc1cc(Cl)ccc1OCCOc1ccc(C2=C(C(=O)N(Cc3cccc(Cl)c3Cl)C3CC3)CN(C(=O)Oc3cccc(CON(O)O)c3)CC2)cc1. The third-order valence-corrected chi connectivity index (χ3v) is 9.96. The number of halogens is 3. The van der Waals surface area contributed by atoms with Crippen LogP contribution in [0.15, 0.2) is 90.5 Å². The Morgan fingerprint density at radius 3 is 2.37 bits per heavy atom. The summed E-state index contributed by atoms with van der Waals surface area (Å²) < 4.78 is 22.8. The van der Waals surface area contributed by atoms with E-state index in [2.05, 4.69) is 4.84 Å². The molecule has 12 nitrogen and oxygen atoms in total. The minimum absolute atomic E-state index is 0.00996. The van der Waals surface area contributed by atoms with Crippen molar-refractivity contribution in [1.29, 1.82) is 0 Å². The predicted molar refractivity (Wildman–Crippen MR) is 201 cm³/mol. The van der Waals surface area contributed by atoms with Crippen molar-refractivity contribution >= 4 is 52.4 Å². The third kappa shape index (κ3) is 10.2. The van der Waals surface area contributed by atoms with Crippen LogP contribution in [0.3, 0.4) is 0 Å². The highest BCUT2D eigenvalue weighted by molar-refractivity contribution is 6.42. The average Bonchev–Trinajstić information content (AvgIpc) is 4.02. The lowest BCUT2D eigenvalue weighted by molar-refractivity contribution is -0.497. The number of hydrogen-bond acceptors (Lipinski definition) is 10. The molecule has 0 aromatic heterocycles. The Labute approximate surface area is 327 Å². The molecule has 0 saturated heterocycles. The van der Waals surface area contributed by atoms with Crippen LogP contribution in [0.25, 0.3) is 5.57 Å². The number of carbonyl (C=O) groups is 2. The van der Waals surface area contributed by atoms with Gasteiger partial charge in [0, 0.05) is 35.8 Å². The molecular weight excluding hydrogens is 761 g/mol. The Morgan fingerprint density at radius 2 is 1.63 bits per heavy atom. The molecule has 2 amide bonds. The molecule has 2 N–H and O–H groups in total. The van der Waals surface area contributed by atoms with Gasteiger partial charge in [-0.25, -0.2) is 9.63 Å². The number of hydrogen-bond donors (Lipinski definition) is 2. The van der Waals surface area contributed by atoms with Gasteiger partial charge in [0.05, 0.1) is 35.7 Å². The Morgan fingerprint density at radius 1 is 0.870 bits per heavy atom. The van der Waals surface area contributed by atoms with E-state index >= 15 is 0 Å². The predicted octanol–water partition coefficient (Wildman–Crippen LogP) is 8.47. The van der Waals surface area contributed by atoms with Crippen LogP contribution in [0.2, 0.25) is 15.1 Å². The first kappa shape index (κ1) is 39.2. The topological polar surface area (TPSA) is 130 Å². The summed E-state index contributed by atoms with van der Waals surface area (Å²) in [6.45, 7) is 0.937. The molecule has 284 valence electrons. The maximum absolute atomic E-state index is 14.6. The van der Waals surface area contributed by atoms with Crippen molar-refractivity contribution in [2.45, 2.75) is 38.5 Å². The lowest BCUT2D eigenvalue weighted by Gasteiger charge is -2.33. The monoisotopic (exact) mass is 797 g/mol. The van der Waals surface area contributed by atoms with Crippen LogP contribution in [0.1, 0.15) is 36.0 Å². The van der Waals surface area contributed by atoms with Crippen LogP contribution in [0.5, 0.6) is 23.0 Å². The maximum Gasteiger partial charge on any atom is 0.415 e. The second kappa shape index (κ2) is 18.2. The van der Waals surface area contributed by atoms with Crippen LogP contribution in [0, 0.1) is 0 Å². The Bertz CT molecular complexity index is 1990. The highest BCUT2D eigenvalue weighted by Crippen LogP contribution is 2.37. The second-order valence-corrected chi connectivity index (χ2v) is 13.8. The van der Waals surface area contributed by atoms with Gasteiger partial charge in [-0.05, 0) is 84.0 Å². The molecular formula is C39H38Cl3N3O9. The van der Waals surface area contributed by atoms with E-state index in [-0.39, 0.29) is 50.6 Å². The normalized spacial score (nSPS) is 14.2. The first-order chi connectivity index (χ1) is 26.1. The molecule has 1 heterocycles. The molecule has 1 aliphatic carbocycles. The van der Waals surface area contributed by atoms with Gasteiger partial charge < -0.3 is 28.7 Å². The molecule has 0 atom stereocenters. The quantitative estimate of drug-likeness (QED) is 0.0893. The zero-order valence-corrected chi connectivity index (χ0v) is 31.5. The second-order valence-electron chi connectivity index (χ2n) is 12.6. The smallest absolute Gasteiger partial charge is 0.415 e. The summed E-state index contributed by atoms with van der Waals surface area (Å²) in [6, 6.07) is 24.5. The highest BCUT2D eigenvalue weighted by atomic mass is 35.5. The van der Waals surface area contributed by atoms with Crippen LogP contribution >= 0.6 is 34.8 Å². The Balaban J connectivity index is 1.20. The first-order valence-electron chi connectivity index (χ1n) is 17.1. The first-order valence-corrected chi connectivity index (χ1v) is 18.2. The van der Waals surface area contributed by atoms with Gasteiger partial charge in [-0.3, -0.25) is 15.2 Å². The van der Waals surface area contributed by atoms with E-state index in [1.54, 1.807) is 61.7 Å². The van der Waals surface area contributed by atoms with E-state index in [0.29, 0.717) is 56.4 Å². The molecule has 4 aromatic rings. The molecule has 0 spiro atoms. The fourth-order valence-corrected chi connectivity index (χ4v) is 6.58. The van der Waals surface area contributed by atoms with Gasteiger partial charge >= 0.3 is 6.09 Å². The van der Waals surface area contributed by atoms with Gasteiger partial charge in [0.15, 0.2) is 11.5 Å². The van der Waals surface area contributed by atoms with E-state index in [9.17, 15) is 9.59 Å². The van der Waals surface area contributed by atoms with Gasteiger partial charge in [0.25, 0.3) is 5.91 Å². The average molecular weight is 799 g/mol. The lowest BCUT2D eigenvalue weighted by atomic mass is 9.92. The van der Waals surface area contributed by atoms with Crippen LogP contribution < -0.4 is 18.9 Å². The number of carbonyl (C=O) groups excluding carboxylic acids is 2. The van der Waals surface area contributed by atoms with E-state index in [4.69, 9.17) is 64.2 Å². The summed E-state index contributed by atoms with van der Waals surface area (Å²) in [5.41, 5.74) is 3.37. The number of amides is 2. The standard InChI is InChI=1S/C39H38Cl3N3O9/c1-50-36-21-28(40)10-15-35(36)52-19-18-51-30-13-8-26(9-14-30)32-16-17-43(39(47)54-31-6-2-4-25(20-31)24-53-45(48)49)23-33(32)38(46)44(29-11-12-29)22-27-5-3-7-34(41)37(27)42/h2-10,13-15,20-21,29,48-49H,11-12,16-19,22-24H2,1H3. The molecule has 2 aliphatic rings. The molecule has 0 unspecified atom stereocenters. The molecule has 1 aliphatic heterocycles. The van der Waals surface area contributed by atoms with Gasteiger partial charge in [-0.15, -0.1) is 0 Å². The van der Waals surface area contributed by atoms with Gasteiger partial charge in [0.1, 0.15) is 24.7 Å². The highest BCUT2D eigenvalue weighted by Gasteiger charge is 2.38. The summed E-state index contributed by atoms with van der Waals surface area (Å²) in [4.78, 5) is 36.1. The van der Waals surface area contributed by atoms with Crippen LogP contribution in [-0.2, 0) is 22.8 Å². The number of methoxy groups -OCH3 is 1. The maximum atomic E-state index is 14.6. The minimum Gasteiger partial charge on any atom is -0.493 e. The van der Waals surface area contributed by atoms with Crippen molar-refractivity contribution in [3.63, 3.8) is 0 Å². The zero-order chi connectivity index (χ0) is 38.2. The van der Waals surface area contributed by atoms with Crippen molar-refractivity contribution in [2.75, 3.05) is 33.4 Å². The van der Waals surface area contributed by atoms with E-state index in [0.717, 1.165) is 29.5 Å². The number of rotatable bonds is 15. The third-order valence-electron chi connectivity index (χ3n) is 8.87. The summed E-state index contributed by atoms with van der Waals surface area (Å²) in [5, 5.41) is 18.7. The molecule has 15 heteroatoms. The number of ether oxygens (including phenoxy) is 4. The molecule has 4 aromatic carbocycles. The Kier molecular flexibility index (Phi) is 13.2. The van der Waals surface area contributed by atoms with Gasteiger partial charge in [-0.2, -0.15) is 0 Å². The van der Waals surface area contributed by atoms with Crippen LogP contribution in [0.4, 0.5) is 4.79 Å². The molecule has 54 heavy (non-hydrogen) atoms. The lowest BCUT2D eigenvalue weighted by Crippen LogP contribution is -2.44. The molecule has 0 bridgehead atoms. The summed E-state index contributed by atoms with van der Waals surface area (Å²) in [5.74, 6) is 1.73. The largest absolute Gasteiger partial charge is 0.493 e. The van der Waals surface area contributed by atoms with Crippen LogP contribution in [-0.4, -0.2) is 77.1 Å². The Hall–Kier alpha value is -4.53. The van der Waals surface area contributed by atoms with Crippen molar-refractivity contribution in [3.8, 4) is 23.0 Å². The van der Waals surface area contributed by atoms with Crippen molar-refractivity contribution in [3.05, 3.63) is 122 Å². The van der Waals surface area contributed by atoms with Crippen molar-refractivity contribution in [2.24, 2.45) is 0 Å². The number of nitrogens with zero attached hydrogens (tertiary/aromatic N) is 3. The fourth-order valence-electron chi connectivity index (χ4n) is 6.04. The van der Waals surface area contributed by atoms with E-state index in [1.165, 1.54) is 4.90 Å². The molecule has 6 rings (SSSR count). The van der Waals surface area contributed by atoms with Crippen molar-refractivity contribution in [1.82, 2.24) is 15.2 Å². The van der Waals surface area contributed by atoms with Gasteiger partial charge in [-0.1, -0.05) is 71.2 Å². The molecule has 0 radical (unpaired) electrons. The minimum atomic E-state index is -0.638. The number of benzene rings is 4. The molecule has 1 saturated carbocycles. The summed E-state index contributed by atoms with van der Waals surface area (Å²) in [7, 11) is 1.55. The van der Waals surface area contributed by atoms with Gasteiger partial charge in [0.2, 0.25) is 0 Å². The summed E-state index contributed by atoms with van der Waals surface area (Å²) in [6.07, 6.45) is 1.45. The summed E-state index contributed by atoms with van der Waals surface area (Å²) >= 11 is 18.9. The molecule has 1 fully saturated rings. The zero-order valence-electron chi connectivity index (χ0n) is 29.3. The van der Waals surface area contributed by atoms with Crippen molar-refractivity contribution < 1.29 is 43.8 Å².